The van der Waals surface area contributed by atoms with Gasteiger partial charge in [0.05, 0.1) is 21.4 Å². The van der Waals surface area contributed by atoms with Crippen LogP contribution in [0.15, 0.2) is 47.4 Å². The minimum absolute atomic E-state index is 0.00152. The second-order valence-electron chi connectivity index (χ2n) is 5.27. The van der Waals surface area contributed by atoms with Crippen LogP contribution in [0.4, 0.5) is 11.4 Å². The lowest BCUT2D eigenvalue weighted by molar-refractivity contribution is -0.385. The number of nitrogens with one attached hydrogen (secondary N) is 1. The van der Waals surface area contributed by atoms with E-state index in [9.17, 15) is 14.9 Å². The van der Waals surface area contributed by atoms with E-state index in [0.29, 0.717) is 11.3 Å². The fourth-order valence-electron chi connectivity index (χ4n) is 2.07. The highest BCUT2D eigenvalue weighted by atomic mass is 32.2. The Morgan fingerprint density at radius 2 is 1.83 bits per heavy atom. The predicted molar refractivity (Wildman–Crippen MR) is 93.0 cm³/mol. The van der Waals surface area contributed by atoms with Crippen LogP contribution in [0.25, 0.3) is 0 Å². The Morgan fingerprint density at radius 3 is 2.43 bits per heavy atom. The lowest BCUT2D eigenvalue weighted by atomic mass is 10.1. The number of nitrogens with zero attached hydrogens (tertiary/aromatic N) is 1. The van der Waals surface area contributed by atoms with Crippen molar-refractivity contribution in [2.24, 2.45) is 0 Å². The first kappa shape index (κ1) is 17.0. The predicted octanol–water partition coefficient (Wildman–Crippen LogP) is 4.33. The average molecular weight is 330 g/mol. The molecule has 0 unspecified atom stereocenters. The molecular weight excluding hydrogens is 312 g/mol. The van der Waals surface area contributed by atoms with Crippen LogP contribution in [0.3, 0.4) is 0 Å². The van der Waals surface area contributed by atoms with Crippen molar-refractivity contribution in [3.8, 4) is 0 Å². The van der Waals surface area contributed by atoms with Crippen LogP contribution in [0, 0.1) is 24.0 Å². The highest BCUT2D eigenvalue weighted by molar-refractivity contribution is 8.00. The van der Waals surface area contributed by atoms with Crippen LogP contribution < -0.4 is 5.32 Å². The Kier molecular flexibility index (Phi) is 5.39. The smallest absolute Gasteiger partial charge is 0.274 e. The Balaban J connectivity index is 2.08. The van der Waals surface area contributed by atoms with E-state index in [0.717, 1.165) is 4.90 Å². The molecule has 0 aromatic heterocycles. The molecule has 120 valence electrons. The molecule has 0 fully saturated rings. The number of rotatable bonds is 5. The fraction of sp³-hybridized carbons (Fsp3) is 0.235. The van der Waals surface area contributed by atoms with Crippen molar-refractivity contribution in [1.29, 1.82) is 0 Å². The third kappa shape index (κ3) is 4.32. The van der Waals surface area contributed by atoms with Crippen LogP contribution in [-0.4, -0.2) is 16.1 Å². The fourth-order valence-corrected chi connectivity index (χ4v) is 2.93. The van der Waals surface area contributed by atoms with Crippen LogP contribution in [0.2, 0.25) is 0 Å². The molecule has 0 bridgehead atoms. The van der Waals surface area contributed by atoms with Gasteiger partial charge in [0.25, 0.3) is 5.69 Å². The van der Waals surface area contributed by atoms with E-state index < -0.39 is 4.92 Å². The number of nitro benzene ring substituents is 1. The number of carbonyl (C=O) groups excluding carboxylic acids is 1. The molecule has 2 rings (SSSR count). The van der Waals surface area contributed by atoms with Gasteiger partial charge in [0.2, 0.25) is 5.91 Å². The lowest BCUT2D eigenvalue weighted by Gasteiger charge is -2.13. The molecular formula is C17H18N2O3S. The van der Waals surface area contributed by atoms with Crippen LogP contribution in [0.1, 0.15) is 18.1 Å². The monoisotopic (exact) mass is 330 g/mol. The van der Waals surface area contributed by atoms with Crippen molar-refractivity contribution in [2.75, 3.05) is 5.32 Å². The molecule has 2 aromatic carbocycles. The minimum atomic E-state index is -0.449. The Bertz CT molecular complexity index is 729. The summed E-state index contributed by atoms with van der Waals surface area (Å²) >= 11 is 1.45. The van der Waals surface area contributed by atoms with Crippen LogP contribution in [-0.2, 0) is 4.79 Å². The molecule has 0 radical (unpaired) electrons. The summed E-state index contributed by atoms with van der Waals surface area (Å²) in [5.41, 5.74) is 2.10. The van der Waals surface area contributed by atoms with Crippen LogP contribution in [0.5, 0.6) is 0 Å². The van der Waals surface area contributed by atoms with Crippen LogP contribution >= 0.6 is 11.8 Å². The average Bonchev–Trinajstić information content (AvgIpc) is 2.51. The maximum atomic E-state index is 12.3. The standard InChI is InChI=1S/C17H18N2O3S/c1-11-7-9-14(10-8-11)23-13(3)17(20)18-15-5-4-6-16(12(15)2)19(21)22/h4-10,13H,1-3H3,(H,18,20)/t13-/m0/s1. The second-order valence-corrected chi connectivity index (χ2v) is 6.68. The van der Waals surface area contributed by atoms with Gasteiger partial charge in [-0.2, -0.15) is 0 Å². The first-order valence-electron chi connectivity index (χ1n) is 7.16. The lowest BCUT2D eigenvalue weighted by Crippen LogP contribution is -2.22. The summed E-state index contributed by atoms with van der Waals surface area (Å²) in [6.07, 6.45) is 0. The summed E-state index contributed by atoms with van der Waals surface area (Å²) < 4.78 is 0. The first-order valence-corrected chi connectivity index (χ1v) is 8.04. The molecule has 6 heteroatoms. The highest BCUT2D eigenvalue weighted by Crippen LogP contribution is 2.27. The van der Waals surface area contributed by atoms with Gasteiger partial charge in [0, 0.05) is 11.0 Å². The molecule has 0 saturated carbocycles. The molecule has 0 aliphatic carbocycles. The largest absolute Gasteiger partial charge is 0.325 e. The summed E-state index contributed by atoms with van der Waals surface area (Å²) in [5, 5.41) is 13.4. The number of carbonyl (C=O) groups is 1. The number of anilines is 1. The second kappa shape index (κ2) is 7.28. The molecule has 5 nitrogen and oxygen atoms in total. The maximum Gasteiger partial charge on any atom is 0.274 e. The molecule has 0 aliphatic heterocycles. The van der Waals surface area contributed by atoms with Crippen molar-refractivity contribution in [1.82, 2.24) is 0 Å². The number of benzene rings is 2. The zero-order valence-electron chi connectivity index (χ0n) is 13.2. The molecule has 0 saturated heterocycles. The van der Waals surface area contributed by atoms with Gasteiger partial charge in [0.1, 0.15) is 0 Å². The molecule has 1 atom stereocenters. The van der Waals surface area contributed by atoms with Gasteiger partial charge < -0.3 is 5.32 Å². The Morgan fingerprint density at radius 1 is 1.17 bits per heavy atom. The molecule has 1 amide bonds. The topological polar surface area (TPSA) is 72.2 Å². The van der Waals surface area contributed by atoms with Gasteiger partial charge >= 0.3 is 0 Å². The van der Waals surface area contributed by atoms with Crippen molar-refractivity contribution >= 4 is 29.0 Å². The SMILES string of the molecule is Cc1ccc(S[C@@H](C)C(=O)Nc2cccc([N+](=O)[O-])c2C)cc1. The molecule has 2 aromatic rings. The molecule has 1 N–H and O–H groups in total. The number of hydrogen-bond donors (Lipinski definition) is 1. The number of aryl methyl sites for hydroxylation is 1. The van der Waals surface area contributed by atoms with E-state index in [1.807, 2.05) is 38.1 Å². The molecule has 0 heterocycles. The van der Waals surface area contributed by atoms with E-state index in [4.69, 9.17) is 0 Å². The van der Waals surface area contributed by atoms with Gasteiger partial charge in [0.15, 0.2) is 0 Å². The van der Waals surface area contributed by atoms with Gasteiger partial charge in [-0.3, -0.25) is 14.9 Å². The number of hydrogen-bond acceptors (Lipinski definition) is 4. The Hall–Kier alpha value is -2.34. The number of amides is 1. The van der Waals surface area contributed by atoms with E-state index in [2.05, 4.69) is 5.32 Å². The van der Waals surface area contributed by atoms with Crippen molar-refractivity contribution in [3.05, 3.63) is 63.7 Å². The van der Waals surface area contributed by atoms with Crippen molar-refractivity contribution < 1.29 is 9.72 Å². The van der Waals surface area contributed by atoms with E-state index >= 15 is 0 Å². The molecule has 0 aliphatic rings. The zero-order valence-corrected chi connectivity index (χ0v) is 14.0. The summed E-state index contributed by atoms with van der Waals surface area (Å²) in [4.78, 5) is 23.8. The zero-order chi connectivity index (χ0) is 17.0. The highest BCUT2D eigenvalue weighted by Gasteiger charge is 2.18. The summed E-state index contributed by atoms with van der Waals surface area (Å²) in [7, 11) is 0. The summed E-state index contributed by atoms with van der Waals surface area (Å²) in [5.74, 6) is -0.181. The number of nitro groups is 1. The van der Waals surface area contributed by atoms with E-state index in [1.54, 1.807) is 19.1 Å². The molecule has 23 heavy (non-hydrogen) atoms. The van der Waals surface area contributed by atoms with Gasteiger partial charge in [-0.1, -0.05) is 23.8 Å². The van der Waals surface area contributed by atoms with Gasteiger partial charge in [-0.05, 0) is 39.0 Å². The minimum Gasteiger partial charge on any atom is -0.325 e. The third-order valence-corrected chi connectivity index (χ3v) is 4.57. The van der Waals surface area contributed by atoms with Gasteiger partial charge in [-0.25, -0.2) is 0 Å². The maximum absolute atomic E-state index is 12.3. The number of thioether (sulfide) groups is 1. The first-order chi connectivity index (χ1) is 10.9. The van der Waals surface area contributed by atoms with E-state index in [-0.39, 0.29) is 16.8 Å². The normalized spacial score (nSPS) is 11.8. The van der Waals surface area contributed by atoms with Gasteiger partial charge in [-0.15, -0.1) is 11.8 Å². The summed E-state index contributed by atoms with van der Waals surface area (Å²) in [6.45, 7) is 5.45. The molecule has 0 spiro atoms. The third-order valence-electron chi connectivity index (χ3n) is 3.46. The van der Waals surface area contributed by atoms with E-state index in [1.165, 1.54) is 23.4 Å². The Labute approximate surface area is 139 Å². The summed E-state index contributed by atoms with van der Waals surface area (Å²) in [6, 6.07) is 12.6. The quantitative estimate of drug-likeness (QED) is 0.503. The van der Waals surface area contributed by atoms with Crippen molar-refractivity contribution in [2.45, 2.75) is 30.9 Å². The van der Waals surface area contributed by atoms with Crippen molar-refractivity contribution in [3.63, 3.8) is 0 Å².